The van der Waals surface area contributed by atoms with Crippen molar-refractivity contribution in [3.8, 4) is 0 Å². The van der Waals surface area contributed by atoms with E-state index in [4.69, 9.17) is 4.74 Å². The Morgan fingerprint density at radius 2 is 1.64 bits per heavy atom. The zero-order valence-electron chi connectivity index (χ0n) is 14.7. The lowest BCUT2D eigenvalue weighted by Crippen LogP contribution is -2.30. The Bertz CT molecular complexity index is 352. The van der Waals surface area contributed by atoms with Crippen LogP contribution < -0.4 is 0 Å². The van der Waals surface area contributed by atoms with Crippen LogP contribution in [0.4, 0.5) is 0 Å². The SMILES string of the molecule is CC(C)(C)OC(CC(=O)O)C1=CCCCCCCCCCC1. The highest BCUT2D eigenvalue weighted by Gasteiger charge is 2.24. The Morgan fingerprint density at radius 1 is 1.09 bits per heavy atom. The minimum Gasteiger partial charge on any atom is -0.481 e. The van der Waals surface area contributed by atoms with Crippen molar-refractivity contribution in [1.82, 2.24) is 0 Å². The first-order valence-electron chi connectivity index (χ1n) is 8.97. The number of hydrogen-bond acceptors (Lipinski definition) is 2. The summed E-state index contributed by atoms with van der Waals surface area (Å²) in [4.78, 5) is 11.2. The van der Waals surface area contributed by atoms with Gasteiger partial charge in [0.1, 0.15) is 0 Å². The van der Waals surface area contributed by atoms with Gasteiger partial charge < -0.3 is 9.84 Å². The lowest BCUT2D eigenvalue weighted by atomic mass is 9.95. The fourth-order valence-electron chi connectivity index (χ4n) is 3.05. The molecular formula is C19H34O3. The van der Waals surface area contributed by atoms with Crippen LogP contribution in [0.2, 0.25) is 0 Å². The van der Waals surface area contributed by atoms with E-state index in [0.29, 0.717) is 0 Å². The molecule has 3 heteroatoms. The van der Waals surface area contributed by atoms with Crippen molar-refractivity contribution in [3.05, 3.63) is 11.6 Å². The molecule has 22 heavy (non-hydrogen) atoms. The maximum atomic E-state index is 11.2. The van der Waals surface area contributed by atoms with Crippen LogP contribution in [0.5, 0.6) is 0 Å². The summed E-state index contributed by atoms with van der Waals surface area (Å²) in [6, 6.07) is 0. The second kappa shape index (κ2) is 10.0. The van der Waals surface area contributed by atoms with Crippen LogP contribution in [0, 0.1) is 0 Å². The van der Waals surface area contributed by atoms with Gasteiger partial charge >= 0.3 is 5.97 Å². The molecule has 1 aliphatic rings. The molecule has 0 aliphatic heterocycles. The Hall–Kier alpha value is -0.830. The largest absolute Gasteiger partial charge is 0.481 e. The zero-order valence-corrected chi connectivity index (χ0v) is 14.7. The number of aliphatic carboxylic acids is 1. The summed E-state index contributed by atoms with van der Waals surface area (Å²) in [5.74, 6) is -0.777. The standard InChI is InChI=1S/C19H34O3/c1-19(2,3)22-17(15-18(20)21)16-13-11-9-7-5-4-6-8-10-12-14-16/h13,17H,4-12,14-15H2,1-3H3,(H,20,21). The molecule has 128 valence electrons. The van der Waals surface area contributed by atoms with Crippen LogP contribution in [0.15, 0.2) is 11.6 Å². The Kier molecular flexibility index (Phi) is 8.77. The van der Waals surface area contributed by atoms with Crippen LogP contribution in [0.3, 0.4) is 0 Å². The molecule has 0 aromatic carbocycles. The van der Waals surface area contributed by atoms with E-state index in [1.54, 1.807) is 0 Å². The summed E-state index contributed by atoms with van der Waals surface area (Å²) in [6.45, 7) is 5.99. The van der Waals surface area contributed by atoms with Crippen molar-refractivity contribution in [2.45, 2.75) is 103 Å². The molecule has 1 unspecified atom stereocenters. The first kappa shape index (κ1) is 19.2. The van der Waals surface area contributed by atoms with E-state index < -0.39 is 5.97 Å². The number of rotatable bonds is 4. The molecule has 0 saturated carbocycles. The highest BCUT2D eigenvalue weighted by atomic mass is 16.5. The van der Waals surface area contributed by atoms with Crippen LogP contribution in [0.25, 0.3) is 0 Å². The molecule has 0 bridgehead atoms. The highest BCUT2D eigenvalue weighted by Crippen LogP contribution is 2.25. The summed E-state index contributed by atoms with van der Waals surface area (Å²) in [5, 5.41) is 9.21. The molecule has 1 aliphatic carbocycles. The molecule has 0 saturated heterocycles. The number of allylic oxidation sites excluding steroid dienone is 1. The van der Waals surface area contributed by atoms with Gasteiger partial charge in [-0.25, -0.2) is 0 Å². The molecule has 1 rings (SSSR count). The summed E-state index contributed by atoms with van der Waals surface area (Å²) >= 11 is 0. The summed E-state index contributed by atoms with van der Waals surface area (Å²) in [6.07, 6.45) is 14.3. The minimum absolute atomic E-state index is 0.0725. The molecule has 0 fully saturated rings. The van der Waals surface area contributed by atoms with E-state index >= 15 is 0 Å². The second-order valence-electron chi connectivity index (χ2n) is 7.46. The molecule has 1 N–H and O–H groups in total. The summed E-state index contributed by atoms with van der Waals surface area (Å²) in [7, 11) is 0. The minimum atomic E-state index is -0.777. The van der Waals surface area contributed by atoms with E-state index in [2.05, 4.69) is 6.08 Å². The number of carbonyl (C=O) groups is 1. The Morgan fingerprint density at radius 3 is 2.18 bits per heavy atom. The zero-order chi connectivity index (χ0) is 16.4. The highest BCUT2D eigenvalue weighted by molar-refractivity contribution is 5.68. The van der Waals surface area contributed by atoms with E-state index in [1.165, 1.54) is 50.5 Å². The van der Waals surface area contributed by atoms with Crippen molar-refractivity contribution < 1.29 is 14.6 Å². The Balaban J connectivity index is 2.76. The monoisotopic (exact) mass is 310 g/mol. The van der Waals surface area contributed by atoms with Crippen molar-refractivity contribution in [1.29, 1.82) is 0 Å². The molecule has 0 heterocycles. The van der Waals surface area contributed by atoms with Crippen molar-refractivity contribution in [2.75, 3.05) is 0 Å². The molecular weight excluding hydrogens is 276 g/mol. The summed E-state index contributed by atoms with van der Waals surface area (Å²) in [5.41, 5.74) is 0.892. The lowest BCUT2D eigenvalue weighted by molar-refractivity contribution is -0.142. The van der Waals surface area contributed by atoms with Gasteiger partial charge in [-0.05, 0) is 52.0 Å². The van der Waals surface area contributed by atoms with Gasteiger partial charge in [-0.15, -0.1) is 0 Å². The predicted molar refractivity (Wildman–Crippen MR) is 91.1 cm³/mol. The summed E-state index contributed by atoms with van der Waals surface area (Å²) < 4.78 is 6.06. The average Bonchev–Trinajstić information content (AvgIpc) is 2.36. The third-order valence-corrected chi connectivity index (χ3v) is 4.10. The van der Waals surface area contributed by atoms with Crippen LogP contribution in [-0.2, 0) is 9.53 Å². The van der Waals surface area contributed by atoms with Gasteiger partial charge in [0.2, 0.25) is 0 Å². The third-order valence-electron chi connectivity index (χ3n) is 4.10. The fraction of sp³-hybridized carbons (Fsp3) is 0.842. The smallest absolute Gasteiger partial charge is 0.306 e. The van der Waals surface area contributed by atoms with Gasteiger partial charge in [0.25, 0.3) is 0 Å². The second-order valence-corrected chi connectivity index (χ2v) is 7.46. The van der Waals surface area contributed by atoms with Crippen molar-refractivity contribution >= 4 is 5.97 Å². The van der Waals surface area contributed by atoms with E-state index in [1.807, 2.05) is 20.8 Å². The molecule has 0 aromatic heterocycles. The van der Waals surface area contributed by atoms with Crippen LogP contribution in [-0.4, -0.2) is 22.8 Å². The van der Waals surface area contributed by atoms with E-state index in [-0.39, 0.29) is 18.1 Å². The molecule has 3 nitrogen and oxygen atoms in total. The number of ether oxygens (including phenoxy) is 1. The molecule has 0 amide bonds. The quantitative estimate of drug-likeness (QED) is 0.699. The van der Waals surface area contributed by atoms with Gasteiger partial charge in [0, 0.05) is 0 Å². The maximum Gasteiger partial charge on any atom is 0.306 e. The van der Waals surface area contributed by atoms with Crippen molar-refractivity contribution in [2.24, 2.45) is 0 Å². The van der Waals surface area contributed by atoms with Crippen LogP contribution >= 0.6 is 0 Å². The number of carboxylic acids is 1. The van der Waals surface area contributed by atoms with E-state index in [9.17, 15) is 9.90 Å². The Labute approximate surface area is 136 Å². The molecule has 0 spiro atoms. The topological polar surface area (TPSA) is 46.5 Å². The average molecular weight is 310 g/mol. The van der Waals surface area contributed by atoms with Gasteiger partial charge in [-0.3, -0.25) is 4.79 Å². The van der Waals surface area contributed by atoms with Gasteiger partial charge in [0.15, 0.2) is 0 Å². The molecule has 1 atom stereocenters. The van der Waals surface area contributed by atoms with Gasteiger partial charge in [0.05, 0.1) is 18.1 Å². The molecule has 0 aromatic rings. The first-order valence-corrected chi connectivity index (χ1v) is 8.97. The third kappa shape index (κ3) is 9.24. The molecule has 0 radical (unpaired) electrons. The maximum absolute atomic E-state index is 11.2. The first-order chi connectivity index (χ1) is 10.4. The predicted octanol–water partition coefficient (Wildman–Crippen LogP) is 5.49. The van der Waals surface area contributed by atoms with Crippen LogP contribution in [0.1, 0.15) is 91.4 Å². The lowest BCUT2D eigenvalue weighted by Gasteiger charge is -2.29. The fourth-order valence-corrected chi connectivity index (χ4v) is 3.05. The van der Waals surface area contributed by atoms with Gasteiger partial charge in [-0.1, -0.05) is 44.6 Å². The van der Waals surface area contributed by atoms with Crippen molar-refractivity contribution in [3.63, 3.8) is 0 Å². The normalized spacial score (nSPS) is 20.4. The number of carboxylic acid groups (broad SMARTS) is 1. The van der Waals surface area contributed by atoms with E-state index in [0.717, 1.165) is 19.3 Å². The van der Waals surface area contributed by atoms with Gasteiger partial charge in [-0.2, -0.15) is 0 Å². The number of hydrogen-bond donors (Lipinski definition) is 1.